The van der Waals surface area contributed by atoms with Gasteiger partial charge in [-0.25, -0.2) is 4.68 Å². The quantitative estimate of drug-likeness (QED) is 0.752. The number of hydrogen-bond acceptors (Lipinski definition) is 4. The molecule has 0 spiro atoms. The van der Waals surface area contributed by atoms with E-state index in [9.17, 15) is 5.11 Å². The van der Waals surface area contributed by atoms with Crippen LogP contribution in [0.2, 0.25) is 0 Å². The molecule has 2 N–H and O–H groups in total. The SMILES string of the molecule is COc1cc(O)ccc1[C@H]1Nc2ccc(C)cc2-c2cc(C)nn21. The molecule has 24 heavy (non-hydrogen) atoms. The fourth-order valence-corrected chi connectivity index (χ4v) is 3.25. The van der Waals surface area contributed by atoms with E-state index >= 15 is 0 Å². The van der Waals surface area contributed by atoms with Crippen molar-refractivity contribution in [3.05, 3.63) is 59.3 Å². The van der Waals surface area contributed by atoms with Crippen LogP contribution in [0.25, 0.3) is 11.3 Å². The van der Waals surface area contributed by atoms with Crippen LogP contribution in [0.5, 0.6) is 11.5 Å². The first kappa shape index (κ1) is 14.6. The van der Waals surface area contributed by atoms with E-state index in [0.717, 1.165) is 28.2 Å². The molecule has 0 fully saturated rings. The first-order chi connectivity index (χ1) is 11.6. The summed E-state index contributed by atoms with van der Waals surface area (Å²) in [5.41, 5.74) is 6.37. The van der Waals surface area contributed by atoms with Crippen molar-refractivity contribution in [1.29, 1.82) is 0 Å². The van der Waals surface area contributed by atoms with Crippen molar-refractivity contribution in [2.75, 3.05) is 12.4 Å². The molecule has 2 heterocycles. The molecule has 122 valence electrons. The van der Waals surface area contributed by atoms with E-state index in [1.54, 1.807) is 19.2 Å². The third-order valence-corrected chi connectivity index (χ3v) is 4.36. The number of aromatic nitrogens is 2. The van der Waals surface area contributed by atoms with Crippen molar-refractivity contribution >= 4 is 5.69 Å². The fourth-order valence-electron chi connectivity index (χ4n) is 3.25. The van der Waals surface area contributed by atoms with Gasteiger partial charge in [0.1, 0.15) is 11.5 Å². The number of phenols is 1. The molecule has 5 heteroatoms. The van der Waals surface area contributed by atoms with Crippen molar-refractivity contribution in [2.45, 2.75) is 20.0 Å². The van der Waals surface area contributed by atoms with E-state index in [0.29, 0.717) is 5.75 Å². The number of anilines is 1. The van der Waals surface area contributed by atoms with Gasteiger partial charge >= 0.3 is 0 Å². The van der Waals surface area contributed by atoms with E-state index in [1.807, 2.05) is 17.7 Å². The van der Waals surface area contributed by atoms with E-state index < -0.39 is 0 Å². The van der Waals surface area contributed by atoms with Crippen LogP contribution < -0.4 is 10.1 Å². The number of nitrogens with one attached hydrogen (secondary N) is 1. The lowest BCUT2D eigenvalue weighted by Gasteiger charge is -2.30. The molecule has 0 saturated heterocycles. The minimum atomic E-state index is -0.195. The third-order valence-electron chi connectivity index (χ3n) is 4.36. The minimum absolute atomic E-state index is 0.180. The Balaban J connectivity index is 1.92. The fraction of sp³-hybridized carbons (Fsp3) is 0.211. The van der Waals surface area contributed by atoms with Gasteiger partial charge in [0, 0.05) is 22.9 Å². The highest BCUT2D eigenvalue weighted by Crippen LogP contribution is 2.41. The first-order valence-corrected chi connectivity index (χ1v) is 7.87. The Kier molecular flexibility index (Phi) is 3.23. The molecule has 0 aliphatic carbocycles. The molecule has 0 amide bonds. The number of benzene rings is 2. The van der Waals surface area contributed by atoms with Gasteiger partial charge < -0.3 is 15.2 Å². The highest BCUT2D eigenvalue weighted by atomic mass is 16.5. The summed E-state index contributed by atoms with van der Waals surface area (Å²) in [6.45, 7) is 4.08. The molecule has 1 aliphatic heterocycles. The van der Waals surface area contributed by atoms with E-state index in [2.05, 4.69) is 41.6 Å². The van der Waals surface area contributed by atoms with Crippen molar-refractivity contribution in [3.63, 3.8) is 0 Å². The topological polar surface area (TPSA) is 59.3 Å². The third kappa shape index (κ3) is 2.21. The molecular formula is C19H19N3O2. The van der Waals surface area contributed by atoms with Gasteiger partial charge in [-0.05, 0) is 44.2 Å². The maximum Gasteiger partial charge on any atom is 0.150 e. The van der Waals surface area contributed by atoms with Gasteiger partial charge in [0.15, 0.2) is 6.17 Å². The smallest absolute Gasteiger partial charge is 0.150 e. The number of hydrogen-bond donors (Lipinski definition) is 2. The maximum absolute atomic E-state index is 9.73. The predicted molar refractivity (Wildman–Crippen MR) is 93.6 cm³/mol. The van der Waals surface area contributed by atoms with Gasteiger partial charge in [-0.15, -0.1) is 0 Å². The summed E-state index contributed by atoms with van der Waals surface area (Å²) in [6.07, 6.45) is -0.195. The zero-order chi connectivity index (χ0) is 16.8. The largest absolute Gasteiger partial charge is 0.508 e. The van der Waals surface area contributed by atoms with Gasteiger partial charge in [0.05, 0.1) is 18.5 Å². The molecule has 0 radical (unpaired) electrons. The first-order valence-electron chi connectivity index (χ1n) is 7.87. The monoisotopic (exact) mass is 321 g/mol. The summed E-state index contributed by atoms with van der Waals surface area (Å²) in [5.74, 6) is 0.807. The standard InChI is InChI=1S/C19H19N3O2/c1-11-4-7-16-15(8-11)17-9-12(2)21-22(17)19(20-16)14-6-5-13(23)10-18(14)24-3/h4-10,19-20,23H,1-3H3/t19-/m0/s1. The van der Waals surface area contributed by atoms with Gasteiger partial charge in [0.25, 0.3) is 0 Å². The molecular weight excluding hydrogens is 302 g/mol. The molecule has 0 unspecified atom stereocenters. The summed E-state index contributed by atoms with van der Waals surface area (Å²) in [7, 11) is 1.60. The Labute approximate surface area is 140 Å². The van der Waals surface area contributed by atoms with E-state index in [-0.39, 0.29) is 11.9 Å². The summed E-state index contributed by atoms with van der Waals surface area (Å²) >= 11 is 0. The number of fused-ring (bicyclic) bond motifs is 3. The van der Waals surface area contributed by atoms with Gasteiger partial charge in [0.2, 0.25) is 0 Å². The average Bonchev–Trinajstić information content (AvgIpc) is 2.96. The van der Waals surface area contributed by atoms with E-state index in [4.69, 9.17) is 4.74 Å². The van der Waals surface area contributed by atoms with Crippen LogP contribution in [-0.2, 0) is 0 Å². The average molecular weight is 321 g/mol. The molecule has 1 aliphatic rings. The zero-order valence-corrected chi connectivity index (χ0v) is 13.9. The second kappa shape index (κ2) is 5.30. The number of nitrogens with zero attached hydrogens (tertiary/aromatic N) is 2. The van der Waals surface area contributed by atoms with Crippen molar-refractivity contribution in [1.82, 2.24) is 9.78 Å². The lowest BCUT2D eigenvalue weighted by Crippen LogP contribution is -2.26. The zero-order valence-electron chi connectivity index (χ0n) is 13.9. The Morgan fingerprint density at radius 1 is 1.12 bits per heavy atom. The summed E-state index contributed by atoms with van der Waals surface area (Å²) in [6, 6.07) is 13.6. The Hall–Kier alpha value is -2.95. The molecule has 5 nitrogen and oxygen atoms in total. The molecule has 4 rings (SSSR count). The van der Waals surface area contributed by atoms with Gasteiger partial charge in [-0.2, -0.15) is 5.10 Å². The van der Waals surface area contributed by atoms with Crippen LogP contribution in [0.3, 0.4) is 0 Å². The van der Waals surface area contributed by atoms with Crippen LogP contribution in [0, 0.1) is 13.8 Å². The number of phenolic OH excluding ortho intramolecular Hbond substituents is 1. The lowest BCUT2D eigenvalue weighted by molar-refractivity contribution is 0.395. The maximum atomic E-state index is 9.73. The Morgan fingerprint density at radius 2 is 1.96 bits per heavy atom. The molecule has 1 aromatic heterocycles. The summed E-state index contributed by atoms with van der Waals surface area (Å²) in [4.78, 5) is 0. The van der Waals surface area contributed by atoms with Crippen molar-refractivity contribution in [2.24, 2.45) is 0 Å². The number of aryl methyl sites for hydroxylation is 2. The number of ether oxygens (including phenoxy) is 1. The second-order valence-electron chi connectivity index (χ2n) is 6.14. The van der Waals surface area contributed by atoms with E-state index in [1.165, 1.54) is 5.56 Å². The molecule has 1 atom stereocenters. The molecule has 0 saturated carbocycles. The number of rotatable bonds is 2. The molecule has 2 aromatic carbocycles. The second-order valence-corrected chi connectivity index (χ2v) is 6.14. The van der Waals surface area contributed by atoms with Crippen LogP contribution in [0.15, 0.2) is 42.5 Å². The van der Waals surface area contributed by atoms with Gasteiger partial charge in [-0.1, -0.05) is 11.6 Å². The lowest BCUT2D eigenvalue weighted by atomic mass is 10.0. The number of aromatic hydroxyl groups is 1. The van der Waals surface area contributed by atoms with Gasteiger partial charge in [-0.3, -0.25) is 0 Å². The highest BCUT2D eigenvalue weighted by molar-refractivity contribution is 5.79. The van der Waals surface area contributed by atoms with Crippen molar-refractivity contribution < 1.29 is 9.84 Å². The molecule has 3 aromatic rings. The van der Waals surface area contributed by atoms with Crippen LogP contribution >= 0.6 is 0 Å². The van der Waals surface area contributed by atoms with Crippen LogP contribution in [0.4, 0.5) is 5.69 Å². The Bertz CT molecular complexity index is 930. The van der Waals surface area contributed by atoms with Crippen LogP contribution in [-0.4, -0.2) is 22.0 Å². The normalized spacial score (nSPS) is 15.4. The molecule has 0 bridgehead atoms. The highest BCUT2D eigenvalue weighted by Gasteiger charge is 2.28. The van der Waals surface area contributed by atoms with Crippen LogP contribution in [0.1, 0.15) is 23.0 Å². The Morgan fingerprint density at radius 3 is 2.75 bits per heavy atom. The summed E-state index contributed by atoms with van der Waals surface area (Å²) in [5, 5.41) is 17.9. The predicted octanol–water partition coefficient (Wildman–Crippen LogP) is 3.85. The summed E-state index contributed by atoms with van der Waals surface area (Å²) < 4.78 is 7.45. The minimum Gasteiger partial charge on any atom is -0.508 e. The number of methoxy groups -OCH3 is 1. The van der Waals surface area contributed by atoms with Crippen molar-refractivity contribution in [3.8, 4) is 22.8 Å².